The fourth-order valence-corrected chi connectivity index (χ4v) is 3.58. The second kappa shape index (κ2) is 4.31. The Labute approximate surface area is 117 Å². The van der Waals surface area contributed by atoms with Gasteiger partial charge in [-0.15, -0.1) is 0 Å². The van der Waals surface area contributed by atoms with Gasteiger partial charge in [-0.05, 0) is 38.1 Å². The Bertz CT molecular complexity index is 665. The van der Waals surface area contributed by atoms with Gasteiger partial charge in [0.2, 0.25) is 0 Å². The normalized spacial score (nSPS) is 26.4. The largest absolute Gasteiger partial charge is 0.346 e. The molecule has 2 saturated heterocycles. The molecule has 2 aliphatic rings. The number of amides is 1. The number of hydrogen-bond donors (Lipinski definition) is 1. The summed E-state index contributed by atoms with van der Waals surface area (Å²) in [5.74, 6) is 0.760. The summed E-state index contributed by atoms with van der Waals surface area (Å²) in [5.41, 5.74) is 1.53. The fraction of sp³-hybridized carbons (Fsp3) is 0.467. The van der Waals surface area contributed by atoms with Gasteiger partial charge < -0.3 is 14.8 Å². The second-order valence-corrected chi connectivity index (χ2v) is 5.95. The van der Waals surface area contributed by atoms with E-state index in [1.807, 2.05) is 23.2 Å². The van der Waals surface area contributed by atoms with E-state index in [2.05, 4.69) is 21.9 Å². The number of carbonyl (C=O) groups excluding carboxylic acids is 1. The van der Waals surface area contributed by atoms with Crippen LogP contribution in [0, 0.1) is 5.92 Å². The molecule has 2 aromatic heterocycles. The molecule has 4 heterocycles. The molecule has 2 aromatic rings. The van der Waals surface area contributed by atoms with E-state index in [1.54, 1.807) is 6.20 Å². The lowest BCUT2D eigenvalue weighted by Gasteiger charge is -2.20. The van der Waals surface area contributed by atoms with E-state index in [4.69, 9.17) is 0 Å². The molecule has 1 amide bonds. The maximum atomic E-state index is 12.6. The molecule has 5 nitrogen and oxygen atoms in total. The van der Waals surface area contributed by atoms with Crippen molar-refractivity contribution in [3.8, 4) is 0 Å². The van der Waals surface area contributed by atoms with Crippen molar-refractivity contribution in [1.82, 2.24) is 19.8 Å². The van der Waals surface area contributed by atoms with Crippen LogP contribution in [0.4, 0.5) is 0 Å². The van der Waals surface area contributed by atoms with Gasteiger partial charge in [0, 0.05) is 36.9 Å². The topological polar surface area (TPSA) is 52.2 Å². The van der Waals surface area contributed by atoms with Crippen molar-refractivity contribution in [2.24, 2.45) is 5.92 Å². The minimum absolute atomic E-state index is 0.114. The molecule has 0 radical (unpaired) electrons. The molecule has 0 saturated carbocycles. The molecule has 20 heavy (non-hydrogen) atoms. The lowest BCUT2D eigenvalue weighted by Crippen LogP contribution is -2.35. The summed E-state index contributed by atoms with van der Waals surface area (Å²) < 4.78 is 0. The number of aromatic amines is 1. The van der Waals surface area contributed by atoms with Gasteiger partial charge in [-0.2, -0.15) is 0 Å². The molecule has 0 aromatic carbocycles. The Morgan fingerprint density at radius 1 is 1.45 bits per heavy atom. The van der Waals surface area contributed by atoms with Gasteiger partial charge >= 0.3 is 0 Å². The van der Waals surface area contributed by atoms with Gasteiger partial charge in [-0.3, -0.25) is 4.79 Å². The number of aromatic nitrogens is 2. The first kappa shape index (κ1) is 11.9. The van der Waals surface area contributed by atoms with Crippen molar-refractivity contribution in [1.29, 1.82) is 0 Å². The van der Waals surface area contributed by atoms with Gasteiger partial charge in [0.25, 0.3) is 5.91 Å². The smallest absolute Gasteiger partial charge is 0.255 e. The first-order chi connectivity index (χ1) is 9.72. The van der Waals surface area contributed by atoms with Crippen molar-refractivity contribution in [2.75, 3.05) is 26.7 Å². The summed E-state index contributed by atoms with van der Waals surface area (Å²) >= 11 is 0. The monoisotopic (exact) mass is 270 g/mol. The molecule has 2 aliphatic heterocycles. The number of carbonyl (C=O) groups is 1. The molecule has 1 N–H and O–H groups in total. The number of nitrogens with zero attached hydrogens (tertiary/aromatic N) is 3. The number of rotatable bonds is 1. The molecule has 4 rings (SSSR count). The average Bonchev–Trinajstić information content (AvgIpc) is 3.14. The van der Waals surface area contributed by atoms with Crippen LogP contribution in [0.15, 0.2) is 24.5 Å². The summed E-state index contributed by atoms with van der Waals surface area (Å²) in [6.45, 7) is 2.90. The van der Waals surface area contributed by atoms with E-state index >= 15 is 0 Å². The lowest BCUT2D eigenvalue weighted by molar-refractivity contribution is 0.0774. The third-order valence-electron chi connectivity index (χ3n) is 4.76. The molecule has 104 valence electrons. The van der Waals surface area contributed by atoms with E-state index in [1.165, 1.54) is 6.42 Å². The number of pyridine rings is 1. The lowest BCUT2D eigenvalue weighted by atomic mass is 10.1. The van der Waals surface area contributed by atoms with E-state index in [0.717, 1.165) is 30.7 Å². The van der Waals surface area contributed by atoms with Crippen molar-refractivity contribution in [3.63, 3.8) is 0 Å². The average molecular weight is 270 g/mol. The standard InChI is InChI=1S/C15H18N4O/c1-18-5-3-11-8-19(9-13(11)18)15(20)12-6-10-2-4-16-14(10)17-7-12/h2,4,6-7,11,13H,3,5,8-9H2,1H3,(H,16,17)/t11-,13+/m1/s1. The summed E-state index contributed by atoms with van der Waals surface area (Å²) in [6, 6.07) is 4.42. The highest BCUT2D eigenvalue weighted by Gasteiger charge is 2.41. The number of hydrogen-bond acceptors (Lipinski definition) is 3. The van der Waals surface area contributed by atoms with Crippen LogP contribution in [0.25, 0.3) is 11.0 Å². The van der Waals surface area contributed by atoms with Crippen molar-refractivity contribution >= 4 is 16.9 Å². The highest BCUT2D eigenvalue weighted by molar-refractivity contribution is 5.97. The van der Waals surface area contributed by atoms with Crippen LogP contribution in [0.3, 0.4) is 0 Å². The van der Waals surface area contributed by atoms with Gasteiger partial charge in [0.05, 0.1) is 5.56 Å². The number of H-pyrrole nitrogens is 1. The quantitative estimate of drug-likeness (QED) is 0.851. The molecule has 0 bridgehead atoms. The molecular weight excluding hydrogens is 252 g/mol. The minimum atomic E-state index is 0.114. The summed E-state index contributed by atoms with van der Waals surface area (Å²) in [5, 5.41) is 0.993. The van der Waals surface area contributed by atoms with E-state index < -0.39 is 0 Å². The van der Waals surface area contributed by atoms with Crippen LogP contribution < -0.4 is 0 Å². The van der Waals surface area contributed by atoms with Crippen LogP contribution in [0.1, 0.15) is 16.8 Å². The summed E-state index contributed by atoms with van der Waals surface area (Å²) in [4.78, 5) is 24.3. The molecule has 0 aliphatic carbocycles. The van der Waals surface area contributed by atoms with Crippen LogP contribution >= 0.6 is 0 Å². The number of fused-ring (bicyclic) bond motifs is 2. The molecule has 2 fully saturated rings. The Hall–Kier alpha value is -1.88. The molecule has 0 spiro atoms. The summed E-state index contributed by atoms with van der Waals surface area (Å²) in [7, 11) is 2.16. The first-order valence-electron chi connectivity index (χ1n) is 7.15. The highest BCUT2D eigenvalue weighted by Crippen LogP contribution is 2.31. The van der Waals surface area contributed by atoms with Gasteiger partial charge in [0.1, 0.15) is 5.65 Å². The van der Waals surface area contributed by atoms with Gasteiger partial charge in [0.15, 0.2) is 0 Å². The van der Waals surface area contributed by atoms with Crippen LogP contribution in [0.2, 0.25) is 0 Å². The first-order valence-corrected chi connectivity index (χ1v) is 7.15. The molecule has 5 heteroatoms. The number of likely N-dealkylation sites (N-methyl/N-ethyl adjacent to an activating group) is 1. The Balaban J connectivity index is 1.58. The third-order valence-corrected chi connectivity index (χ3v) is 4.76. The zero-order valence-corrected chi connectivity index (χ0v) is 11.5. The SMILES string of the molecule is CN1CC[C@@H]2CN(C(=O)c3cnc4[nH]ccc4c3)C[C@@H]21. The fourth-order valence-electron chi connectivity index (χ4n) is 3.58. The Kier molecular flexibility index (Phi) is 2.57. The second-order valence-electron chi connectivity index (χ2n) is 5.95. The van der Waals surface area contributed by atoms with Crippen molar-refractivity contribution in [3.05, 3.63) is 30.1 Å². The maximum absolute atomic E-state index is 12.6. The summed E-state index contributed by atoms with van der Waals surface area (Å²) in [6.07, 6.45) is 4.74. The van der Waals surface area contributed by atoms with E-state index in [9.17, 15) is 4.79 Å². The Morgan fingerprint density at radius 2 is 2.35 bits per heavy atom. The highest BCUT2D eigenvalue weighted by atomic mass is 16.2. The zero-order chi connectivity index (χ0) is 13.7. The number of nitrogens with one attached hydrogen (secondary N) is 1. The van der Waals surface area contributed by atoms with Crippen LogP contribution in [0.5, 0.6) is 0 Å². The Morgan fingerprint density at radius 3 is 3.20 bits per heavy atom. The molecule has 2 atom stereocenters. The zero-order valence-electron chi connectivity index (χ0n) is 11.5. The van der Waals surface area contributed by atoms with Crippen LogP contribution in [-0.4, -0.2) is 58.4 Å². The molecule has 0 unspecified atom stereocenters. The van der Waals surface area contributed by atoms with Crippen molar-refractivity contribution in [2.45, 2.75) is 12.5 Å². The predicted octanol–water partition coefficient (Wildman–Crippen LogP) is 1.34. The number of likely N-dealkylation sites (tertiary alicyclic amines) is 2. The van der Waals surface area contributed by atoms with Gasteiger partial charge in [-0.1, -0.05) is 0 Å². The van der Waals surface area contributed by atoms with Crippen LogP contribution in [-0.2, 0) is 0 Å². The van der Waals surface area contributed by atoms with E-state index in [0.29, 0.717) is 17.5 Å². The minimum Gasteiger partial charge on any atom is -0.346 e. The van der Waals surface area contributed by atoms with Gasteiger partial charge in [-0.25, -0.2) is 4.98 Å². The van der Waals surface area contributed by atoms with Crippen molar-refractivity contribution < 1.29 is 4.79 Å². The third kappa shape index (κ3) is 1.73. The molecular formula is C15H18N4O. The maximum Gasteiger partial charge on any atom is 0.255 e. The van der Waals surface area contributed by atoms with E-state index in [-0.39, 0.29) is 5.91 Å². The predicted molar refractivity (Wildman–Crippen MR) is 76.5 cm³/mol.